The van der Waals surface area contributed by atoms with Crippen molar-refractivity contribution in [1.29, 1.82) is 0 Å². The molecule has 1 amide bonds. The van der Waals surface area contributed by atoms with Crippen LogP contribution in [0, 0.1) is 0 Å². The van der Waals surface area contributed by atoms with E-state index in [9.17, 15) is 33.0 Å². The van der Waals surface area contributed by atoms with E-state index in [2.05, 4.69) is 15.6 Å². The van der Waals surface area contributed by atoms with Gasteiger partial charge < -0.3 is 25.8 Å². The van der Waals surface area contributed by atoms with Gasteiger partial charge in [-0.2, -0.15) is 13.2 Å². The first kappa shape index (κ1) is 28.8. The van der Waals surface area contributed by atoms with E-state index >= 15 is 0 Å². The Balaban J connectivity index is 1.26. The van der Waals surface area contributed by atoms with E-state index in [0.717, 1.165) is 23.3 Å². The van der Waals surface area contributed by atoms with Crippen LogP contribution in [-0.4, -0.2) is 33.7 Å². The standard InChI is InChI=1S/C30H30F3N3O4/c1-18(34-17-26(38)23-9-11-25(37)29-24(23)10-12-27(39)36-29)13-19-5-7-20(8-6-19)15-28(40)35-16-21-3-2-4-22(14-21)30(31,32)33/h2-12,14,18,26,34,37-38H,13,15-17H2,1H3,(H,35,40)(H,36,39)/t18-,26-/m1/s1. The largest absolute Gasteiger partial charge is 0.506 e. The summed E-state index contributed by atoms with van der Waals surface area (Å²) >= 11 is 0. The van der Waals surface area contributed by atoms with Crippen LogP contribution in [0.5, 0.6) is 5.75 Å². The van der Waals surface area contributed by atoms with Gasteiger partial charge in [-0.15, -0.1) is 0 Å². The number of phenols is 1. The van der Waals surface area contributed by atoms with Crippen molar-refractivity contribution in [3.05, 3.63) is 111 Å². The second kappa shape index (κ2) is 12.4. The predicted octanol–water partition coefficient (Wildman–Crippen LogP) is 4.37. The molecule has 0 unspecified atom stereocenters. The highest BCUT2D eigenvalue weighted by Gasteiger charge is 2.30. The lowest BCUT2D eigenvalue weighted by Crippen LogP contribution is -2.32. The van der Waals surface area contributed by atoms with Crippen LogP contribution in [0.15, 0.2) is 77.6 Å². The number of halogens is 3. The number of nitrogens with one attached hydrogen (secondary N) is 3. The minimum Gasteiger partial charge on any atom is -0.506 e. The number of carbonyl (C=O) groups excluding carboxylic acids is 1. The van der Waals surface area contributed by atoms with Crippen LogP contribution in [0.3, 0.4) is 0 Å². The van der Waals surface area contributed by atoms with Gasteiger partial charge in [-0.3, -0.25) is 9.59 Å². The molecule has 2 atom stereocenters. The zero-order valence-corrected chi connectivity index (χ0v) is 21.8. The first-order chi connectivity index (χ1) is 19.0. The molecule has 7 nitrogen and oxygen atoms in total. The topological polar surface area (TPSA) is 114 Å². The van der Waals surface area contributed by atoms with Gasteiger partial charge in [0.15, 0.2) is 0 Å². The van der Waals surface area contributed by atoms with Gasteiger partial charge in [0.1, 0.15) is 5.75 Å². The lowest BCUT2D eigenvalue weighted by atomic mass is 10.0. The van der Waals surface area contributed by atoms with Crippen LogP contribution in [0.4, 0.5) is 13.2 Å². The van der Waals surface area contributed by atoms with Crippen molar-refractivity contribution in [1.82, 2.24) is 15.6 Å². The Morgan fingerprint density at radius 3 is 2.42 bits per heavy atom. The molecule has 0 spiro atoms. The number of amides is 1. The van der Waals surface area contributed by atoms with E-state index < -0.39 is 17.8 Å². The number of aliphatic hydroxyl groups is 1. The molecule has 0 radical (unpaired) electrons. The van der Waals surface area contributed by atoms with Gasteiger partial charge in [0, 0.05) is 30.6 Å². The number of benzene rings is 3. The van der Waals surface area contributed by atoms with Crippen molar-refractivity contribution in [3.63, 3.8) is 0 Å². The molecule has 5 N–H and O–H groups in total. The molecule has 4 rings (SSSR count). The molecule has 4 aromatic rings. The van der Waals surface area contributed by atoms with Gasteiger partial charge in [-0.25, -0.2) is 0 Å². The normalized spacial score (nSPS) is 13.2. The van der Waals surface area contributed by atoms with Crippen molar-refractivity contribution >= 4 is 16.8 Å². The first-order valence-corrected chi connectivity index (χ1v) is 12.8. The third kappa shape index (κ3) is 7.49. The van der Waals surface area contributed by atoms with Crippen molar-refractivity contribution in [2.45, 2.75) is 44.6 Å². The number of aromatic hydroxyl groups is 1. The summed E-state index contributed by atoms with van der Waals surface area (Å²) in [6, 6.07) is 18.4. The predicted molar refractivity (Wildman–Crippen MR) is 146 cm³/mol. The monoisotopic (exact) mass is 553 g/mol. The number of H-pyrrole nitrogens is 1. The average molecular weight is 554 g/mol. The van der Waals surface area contributed by atoms with Crippen LogP contribution < -0.4 is 16.2 Å². The maximum Gasteiger partial charge on any atom is 0.416 e. The number of aromatic nitrogens is 1. The van der Waals surface area contributed by atoms with Crippen molar-refractivity contribution < 1.29 is 28.2 Å². The number of hydrogen-bond donors (Lipinski definition) is 5. The summed E-state index contributed by atoms with van der Waals surface area (Å²) in [6.07, 6.45) is -4.53. The molecular weight excluding hydrogens is 523 g/mol. The number of rotatable bonds is 10. The highest BCUT2D eigenvalue weighted by molar-refractivity contribution is 5.87. The summed E-state index contributed by atoms with van der Waals surface area (Å²) in [7, 11) is 0. The highest BCUT2D eigenvalue weighted by Crippen LogP contribution is 2.30. The van der Waals surface area contributed by atoms with Gasteiger partial charge >= 0.3 is 6.18 Å². The molecule has 0 aliphatic carbocycles. The fourth-order valence-corrected chi connectivity index (χ4v) is 4.50. The number of fused-ring (bicyclic) bond motifs is 1. The number of hydrogen-bond acceptors (Lipinski definition) is 5. The summed E-state index contributed by atoms with van der Waals surface area (Å²) in [5.74, 6) is -0.360. The Morgan fingerprint density at radius 2 is 1.70 bits per heavy atom. The summed E-state index contributed by atoms with van der Waals surface area (Å²) in [6.45, 7) is 2.24. The highest BCUT2D eigenvalue weighted by atomic mass is 19.4. The number of carbonyl (C=O) groups is 1. The minimum absolute atomic E-state index is 0.00768. The van der Waals surface area contributed by atoms with Crippen molar-refractivity contribution in [2.75, 3.05) is 6.54 Å². The van der Waals surface area contributed by atoms with Gasteiger partial charge in [-0.05, 0) is 59.9 Å². The molecule has 0 bridgehead atoms. The maximum absolute atomic E-state index is 12.9. The maximum atomic E-state index is 12.9. The molecule has 0 aliphatic rings. The number of aromatic amines is 1. The van der Waals surface area contributed by atoms with Crippen molar-refractivity contribution in [3.8, 4) is 5.75 Å². The summed E-state index contributed by atoms with van der Waals surface area (Å²) in [4.78, 5) is 26.5. The van der Waals surface area contributed by atoms with Crippen LogP contribution in [0.1, 0.15) is 40.8 Å². The second-order valence-corrected chi connectivity index (χ2v) is 9.78. The molecule has 3 aromatic carbocycles. The molecule has 10 heteroatoms. The van der Waals surface area contributed by atoms with Crippen LogP contribution in [0.2, 0.25) is 0 Å². The first-order valence-electron chi connectivity index (χ1n) is 12.8. The molecule has 1 heterocycles. The summed E-state index contributed by atoms with van der Waals surface area (Å²) in [5, 5.41) is 27.3. The third-order valence-corrected chi connectivity index (χ3v) is 6.60. The second-order valence-electron chi connectivity index (χ2n) is 9.78. The SMILES string of the molecule is C[C@H](Cc1ccc(CC(=O)NCc2cccc(C(F)(F)F)c2)cc1)NC[C@@H](O)c1ccc(O)c2[nH]c(=O)ccc12. The van der Waals surface area contributed by atoms with Gasteiger partial charge in [-0.1, -0.05) is 42.5 Å². The molecule has 0 saturated carbocycles. The van der Waals surface area contributed by atoms with E-state index in [1.807, 2.05) is 31.2 Å². The van der Waals surface area contributed by atoms with E-state index in [4.69, 9.17) is 0 Å². The van der Waals surface area contributed by atoms with E-state index in [0.29, 0.717) is 22.9 Å². The van der Waals surface area contributed by atoms with Crippen LogP contribution in [0.25, 0.3) is 10.9 Å². The summed E-state index contributed by atoms with van der Waals surface area (Å²) in [5.41, 5.74) is 1.94. The zero-order valence-electron chi connectivity index (χ0n) is 21.8. The number of pyridine rings is 1. The van der Waals surface area contributed by atoms with E-state index in [1.54, 1.807) is 12.1 Å². The molecule has 0 fully saturated rings. The summed E-state index contributed by atoms with van der Waals surface area (Å²) < 4.78 is 38.6. The Bertz CT molecular complexity index is 1530. The Hall–Kier alpha value is -4.15. The van der Waals surface area contributed by atoms with Gasteiger partial charge in [0.2, 0.25) is 11.5 Å². The Kier molecular flexibility index (Phi) is 8.91. The van der Waals surface area contributed by atoms with Crippen molar-refractivity contribution in [2.24, 2.45) is 0 Å². The number of phenolic OH excluding ortho intramolecular Hbond substituents is 1. The lowest BCUT2D eigenvalue weighted by molar-refractivity contribution is -0.137. The minimum atomic E-state index is -4.43. The smallest absolute Gasteiger partial charge is 0.416 e. The number of alkyl halides is 3. The lowest BCUT2D eigenvalue weighted by Gasteiger charge is -2.19. The molecule has 1 aromatic heterocycles. The Labute approximate surface area is 228 Å². The van der Waals surface area contributed by atoms with E-state index in [1.165, 1.54) is 24.3 Å². The third-order valence-electron chi connectivity index (χ3n) is 6.60. The van der Waals surface area contributed by atoms with E-state index in [-0.39, 0.29) is 48.3 Å². The zero-order chi connectivity index (χ0) is 28.9. The molecule has 0 aliphatic heterocycles. The molecule has 40 heavy (non-hydrogen) atoms. The fraction of sp³-hybridized carbons (Fsp3) is 0.267. The van der Waals surface area contributed by atoms with Gasteiger partial charge in [0.25, 0.3) is 0 Å². The average Bonchev–Trinajstić information content (AvgIpc) is 2.92. The van der Waals surface area contributed by atoms with Crippen LogP contribution >= 0.6 is 0 Å². The quantitative estimate of drug-likeness (QED) is 0.200. The van der Waals surface area contributed by atoms with Crippen LogP contribution in [-0.2, 0) is 30.4 Å². The molecular formula is C30H30F3N3O4. The van der Waals surface area contributed by atoms with Gasteiger partial charge in [0.05, 0.1) is 23.6 Å². The molecule has 210 valence electrons. The molecule has 0 saturated heterocycles. The Morgan fingerprint density at radius 1 is 0.975 bits per heavy atom. The fourth-order valence-electron chi connectivity index (χ4n) is 4.50. The number of aliphatic hydroxyl groups excluding tert-OH is 1.